The predicted molar refractivity (Wildman–Crippen MR) is 59.3 cm³/mol. The molecule has 0 radical (unpaired) electrons. The van der Waals surface area contributed by atoms with Crippen molar-refractivity contribution in [1.82, 2.24) is 4.90 Å². The summed E-state index contributed by atoms with van der Waals surface area (Å²) in [5, 5.41) is 9.75. The largest absolute Gasteiger partial charge is 0.390 e. The highest BCUT2D eigenvalue weighted by Gasteiger charge is 2.31. The fourth-order valence-electron chi connectivity index (χ4n) is 1.88. The van der Waals surface area contributed by atoms with Gasteiger partial charge in [-0.2, -0.15) is 0 Å². The Morgan fingerprint density at radius 2 is 2.07 bits per heavy atom. The third-order valence-electron chi connectivity index (χ3n) is 3.07. The van der Waals surface area contributed by atoms with Gasteiger partial charge in [-0.25, -0.2) is 0 Å². The number of carbonyl (C=O) groups excluding carboxylic acids is 1. The van der Waals surface area contributed by atoms with Crippen molar-refractivity contribution in [3.8, 4) is 0 Å². The highest BCUT2D eigenvalue weighted by molar-refractivity contribution is 5.81. The Labute approximate surface area is 91.4 Å². The van der Waals surface area contributed by atoms with Crippen LogP contribution in [-0.2, 0) is 4.79 Å². The van der Waals surface area contributed by atoms with E-state index in [1.807, 2.05) is 13.8 Å². The molecule has 0 bridgehead atoms. The summed E-state index contributed by atoms with van der Waals surface area (Å²) in [4.78, 5) is 13.6. The molecule has 0 saturated carbocycles. The molecule has 88 valence electrons. The first-order valence-corrected chi connectivity index (χ1v) is 5.73. The van der Waals surface area contributed by atoms with E-state index >= 15 is 0 Å². The van der Waals surface area contributed by atoms with Crippen molar-refractivity contribution >= 4 is 5.91 Å². The van der Waals surface area contributed by atoms with E-state index in [1.165, 1.54) is 0 Å². The van der Waals surface area contributed by atoms with Crippen molar-refractivity contribution in [2.45, 2.75) is 51.2 Å². The SMILES string of the molecule is CCCC(N)C(=O)N1CCC(C)(O)CC1. The molecule has 0 aromatic rings. The lowest BCUT2D eigenvalue weighted by atomic mass is 9.93. The number of hydrogen-bond acceptors (Lipinski definition) is 3. The first kappa shape index (κ1) is 12.5. The lowest BCUT2D eigenvalue weighted by molar-refractivity contribution is -0.136. The molecular weight excluding hydrogens is 192 g/mol. The molecule has 1 rings (SSSR count). The molecule has 0 aromatic heterocycles. The maximum absolute atomic E-state index is 11.8. The fourth-order valence-corrected chi connectivity index (χ4v) is 1.88. The Kier molecular flexibility index (Phi) is 4.11. The molecule has 3 N–H and O–H groups in total. The number of nitrogens with zero attached hydrogens (tertiary/aromatic N) is 1. The van der Waals surface area contributed by atoms with Crippen LogP contribution in [0.5, 0.6) is 0 Å². The summed E-state index contributed by atoms with van der Waals surface area (Å²) in [5.74, 6) is 0.0346. The van der Waals surface area contributed by atoms with E-state index in [4.69, 9.17) is 5.73 Å². The molecule has 1 unspecified atom stereocenters. The minimum absolute atomic E-state index is 0.0346. The molecule has 1 amide bonds. The summed E-state index contributed by atoms with van der Waals surface area (Å²) in [6.07, 6.45) is 2.97. The van der Waals surface area contributed by atoms with Gasteiger partial charge in [-0.15, -0.1) is 0 Å². The van der Waals surface area contributed by atoms with Crippen molar-refractivity contribution in [2.24, 2.45) is 5.73 Å². The zero-order valence-electron chi connectivity index (χ0n) is 9.70. The average Bonchev–Trinajstić information content (AvgIpc) is 2.17. The molecule has 1 aliphatic heterocycles. The van der Waals surface area contributed by atoms with E-state index in [0.29, 0.717) is 25.9 Å². The Morgan fingerprint density at radius 3 is 2.53 bits per heavy atom. The van der Waals surface area contributed by atoms with E-state index in [0.717, 1.165) is 12.8 Å². The smallest absolute Gasteiger partial charge is 0.239 e. The Balaban J connectivity index is 2.42. The van der Waals surface area contributed by atoms with Crippen molar-refractivity contribution in [3.05, 3.63) is 0 Å². The quantitative estimate of drug-likeness (QED) is 0.718. The lowest BCUT2D eigenvalue weighted by Gasteiger charge is -2.36. The Bertz CT molecular complexity index is 219. The van der Waals surface area contributed by atoms with Crippen molar-refractivity contribution in [3.63, 3.8) is 0 Å². The highest BCUT2D eigenvalue weighted by Crippen LogP contribution is 2.21. The zero-order valence-corrected chi connectivity index (χ0v) is 9.70. The summed E-state index contributed by atoms with van der Waals surface area (Å²) in [7, 11) is 0. The number of nitrogens with two attached hydrogens (primary N) is 1. The summed E-state index contributed by atoms with van der Waals surface area (Å²) in [5.41, 5.74) is 5.17. The molecule has 1 aliphatic rings. The van der Waals surface area contributed by atoms with Crippen LogP contribution in [0.4, 0.5) is 0 Å². The Morgan fingerprint density at radius 1 is 1.53 bits per heavy atom. The first-order chi connectivity index (χ1) is 6.96. The van der Waals surface area contributed by atoms with E-state index < -0.39 is 5.60 Å². The van der Waals surface area contributed by atoms with Gasteiger partial charge < -0.3 is 15.7 Å². The second-order valence-corrected chi connectivity index (χ2v) is 4.72. The summed E-state index contributed by atoms with van der Waals surface area (Å²) in [6.45, 7) is 5.10. The van der Waals surface area contributed by atoms with Gasteiger partial charge in [0.2, 0.25) is 5.91 Å². The Hall–Kier alpha value is -0.610. The number of piperidine rings is 1. The van der Waals surface area contributed by atoms with Crippen molar-refractivity contribution in [1.29, 1.82) is 0 Å². The third kappa shape index (κ3) is 3.47. The predicted octanol–water partition coefficient (Wildman–Crippen LogP) is 0.487. The van der Waals surface area contributed by atoms with Crippen molar-refractivity contribution in [2.75, 3.05) is 13.1 Å². The topological polar surface area (TPSA) is 66.6 Å². The minimum atomic E-state index is -0.606. The molecular formula is C11H22N2O2. The lowest BCUT2D eigenvalue weighted by Crippen LogP contribution is -2.50. The fraction of sp³-hybridized carbons (Fsp3) is 0.909. The number of hydrogen-bond donors (Lipinski definition) is 2. The molecule has 0 aliphatic carbocycles. The monoisotopic (exact) mass is 214 g/mol. The van der Waals surface area contributed by atoms with Gasteiger partial charge in [-0.05, 0) is 26.2 Å². The second-order valence-electron chi connectivity index (χ2n) is 4.72. The highest BCUT2D eigenvalue weighted by atomic mass is 16.3. The maximum Gasteiger partial charge on any atom is 0.239 e. The van der Waals surface area contributed by atoms with Gasteiger partial charge in [0.15, 0.2) is 0 Å². The van der Waals surface area contributed by atoms with E-state index in [9.17, 15) is 9.90 Å². The van der Waals surface area contributed by atoms with Crippen molar-refractivity contribution < 1.29 is 9.90 Å². The van der Waals surface area contributed by atoms with Gasteiger partial charge in [0.1, 0.15) is 0 Å². The van der Waals surface area contributed by atoms with Gasteiger partial charge in [0.05, 0.1) is 11.6 Å². The molecule has 1 saturated heterocycles. The maximum atomic E-state index is 11.8. The van der Waals surface area contributed by atoms with Crippen LogP contribution >= 0.6 is 0 Å². The van der Waals surface area contributed by atoms with Crippen LogP contribution in [0.2, 0.25) is 0 Å². The van der Waals surface area contributed by atoms with Crippen LogP contribution in [0.25, 0.3) is 0 Å². The third-order valence-corrected chi connectivity index (χ3v) is 3.07. The number of rotatable bonds is 3. The van der Waals surface area contributed by atoms with Crippen LogP contribution in [0.3, 0.4) is 0 Å². The molecule has 1 fully saturated rings. The van der Waals surface area contributed by atoms with Gasteiger partial charge >= 0.3 is 0 Å². The number of amides is 1. The first-order valence-electron chi connectivity index (χ1n) is 5.73. The summed E-state index contributed by atoms with van der Waals surface area (Å²) in [6, 6.07) is -0.363. The van der Waals surface area contributed by atoms with Crippen LogP contribution in [0.1, 0.15) is 39.5 Å². The molecule has 4 nitrogen and oxygen atoms in total. The molecule has 0 aromatic carbocycles. The molecule has 1 atom stereocenters. The van der Waals surface area contributed by atoms with Gasteiger partial charge in [0, 0.05) is 13.1 Å². The molecule has 0 spiro atoms. The summed E-state index contributed by atoms with van der Waals surface area (Å²) < 4.78 is 0. The van der Waals surface area contributed by atoms with E-state index in [2.05, 4.69) is 0 Å². The number of aliphatic hydroxyl groups is 1. The normalized spacial score (nSPS) is 22.5. The van der Waals surface area contributed by atoms with Gasteiger partial charge in [-0.3, -0.25) is 4.79 Å². The standard InChI is InChI=1S/C11H22N2O2/c1-3-4-9(12)10(14)13-7-5-11(2,15)6-8-13/h9,15H,3-8,12H2,1-2H3. The van der Waals surface area contributed by atoms with Crippen LogP contribution < -0.4 is 5.73 Å². The summed E-state index contributed by atoms with van der Waals surface area (Å²) >= 11 is 0. The molecule has 4 heteroatoms. The van der Waals surface area contributed by atoms with Crippen LogP contribution in [0, 0.1) is 0 Å². The average molecular weight is 214 g/mol. The second kappa shape index (κ2) is 4.94. The number of carbonyl (C=O) groups is 1. The molecule has 15 heavy (non-hydrogen) atoms. The van der Waals surface area contributed by atoms with Gasteiger partial charge in [-0.1, -0.05) is 13.3 Å². The van der Waals surface area contributed by atoms with Crippen LogP contribution in [-0.4, -0.2) is 40.6 Å². The minimum Gasteiger partial charge on any atom is -0.390 e. The van der Waals surface area contributed by atoms with Crippen LogP contribution in [0.15, 0.2) is 0 Å². The van der Waals surface area contributed by atoms with E-state index in [1.54, 1.807) is 4.90 Å². The molecule has 1 heterocycles. The number of likely N-dealkylation sites (tertiary alicyclic amines) is 1. The van der Waals surface area contributed by atoms with Gasteiger partial charge in [0.25, 0.3) is 0 Å². The van der Waals surface area contributed by atoms with E-state index in [-0.39, 0.29) is 11.9 Å². The zero-order chi connectivity index (χ0) is 11.5.